The average Bonchev–Trinajstić information content (AvgIpc) is 3.15. The fourth-order valence-corrected chi connectivity index (χ4v) is 3.79. The molecule has 120 valence electrons. The molecular weight excluding hydrogens is 296 g/mol. The number of aryl methyl sites for hydroxylation is 1. The largest absolute Gasteiger partial charge is 0.465 e. The third kappa shape index (κ3) is 3.98. The highest BCUT2D eigenvalue weighted by Crippen LogP contribution is 2.26. The van der Waals surface area contributed by atoms with Crippen LogP contribution in [0.15, 0.2) is 34.1 Å². The summed E-state index contributed by atoms with van der Waals surface area (Å²) in [4.78, 5) is 3.94. The van der Waals surface area contributed by atoms with E-state index in [1.807, 2.05) is 30.4 Å². The lowest BCUT2D eigenvalue weighted by atomic mass is 10.1. The molecule has 4 nitrogen and oxygen atoms in total. The van der Waals surface area contributed by atoms with Gasteiger partial charge in [-0.05, 0) is 37.4 Å². The summed E-state index contributed by atoms with van der Waals surface area (Å²) in [5.41, 5.74) is 0. The van der Waals surface area contributed by atoms with Crippen LogP contribution in [0.5, 0.6) is 0 Å². The molecule has 0 bridgehead atoms. The molecule has 2 atom stereocenters. The lowest BCUT2D eigenvalue weighted by Crippen LogP contribution is -2.45. The van der Waals surface area contributed by atoms with Crippen LogP contribution in [-0.4, -0.2) is 37.2 Å². The summed E-state index contributed by atoms with van der Waals surface area (Å²) in [6, 6.07) is 8.82. The van der Waals surface area contributed by atoms with Crippen LogP contribution < -0.4 is 5.32 Å². The summed E-state index contributed by atoms with van der Waals surface area (Å²) in [6.45, 7) is 8.63. The van der Waals surface area contributed by atoms with Gasteiger partial charge < -0.3 is 14.5 Å². The van der Waals surface area contributed by atoms with Crippen molar-refractivity contribution in [2.75, 3.05) is 26.2 Å². The van der Waals surface area contributed by atoms with Gasteiger partial charge >= 0.3 is 0 Å². The van der Waals surface area contributed by atoms with Crippen molar-refractivity contribution in [1.82, 2.24) is 10.2 Å². The molecule has 1 N–H and O–H groups in total. The number of hydrogen-bond donors (Lipinski definition) is 1. The smallest absolute Gasteiger partial charge is 0.117 e. The van der Waals surface area contributed by atoms with Gasteiger partial charge in [-0.1, -0.05) is 6.07 Å². The summed E-state index contributed by atoms with van der Waals surface area (Å²) in [7, 11) is 0. The van der Waals surface area contributed by atoms with Gasteiger partial charge in [-0.25, -0.2) is 0 Å². The van der Waals surface area contributed by atoms with Crippen LogP contribution in [0.4, 0.5) is 0 Å². The lowest BCUT2D eigenvalue weighted by molar-refractivity contribution is -0.0340. The fraction of sp³-hybridized carbons (Fsp3) is 0.529. The molecule has 1 saturated heterocycles. The van der Waals surface area contributed by atoms with Gasteiger partial charge in [0.1, 0.15) is 11.5 Å². The number of rotatable bonds is 6. The first-order chi connectivity index (χ1) is 10.7. The summed E-state index contributed by atoms with van der Waals surface area (Å²) in [5, 5.41) is 5.70. The topological polar surface area (TPSA) is 37.6 Å². The second-order valence-electron chi connectivity index (χ2n) is 5.85. The van der Waals surface area contributed by atoms with E-state index in [1.54, 1.807) is 0 Å². The standard InChI is InChI=1S/C17H24N2O2S/c1-13-5-6-15(21-13)10-18-11-16(17-4-3-9-22-17)19-7-8-20-14(2)12-19/h3-6,9,14,16,18H,7-8,10-12H2,1-2H3. The zero-order valence-electron chi connectivity index (χ0n) is 13.2. The number of ether oxygens (including phenoxy) is 1. The van der Waals surface area contributed by atoms with Crippen molar-refractivity contribution >= 4 is 11.3 Å². The fourth-order valence-electron chi connectivity index (χ4n) is 2.93. The summed E-state index contributed by atoms with van der Waals surface area (Å²) >= 11 is 1.83. The van der Waals surface area contributed by atoms with Gasteiger partial charge in [0.05, 0.1) is 25.3 Å². The SMILES string of the molecule is Cc1ccc(CNCC(c2cccs2)N2CCOC(C)C2)o1. The van der Waals surface area contributed by atoms with Crippen LogP contribution in [0, 0.1) is 6.92 Å². The Labute approximate surface area is 136 Å². The number of nitrogens with one attached hydrogen (secondary N) is 1. The van der Waals surface area contributed by atoms with E-state index in [-0.39, 0.29) is 0 Å². The Kier molecular flexibility index (Phi) is 5.31. The third-order valence-corrected chi connectivity index (χ3v) is 4.99. The summed E-state index contributed by atoms with van der Waals surface area (Å²) < 4.78 is 11.3. The first-order valence-electron chi connectivity index (χ1n) is 7.87. The van der Waals surface area contributed by atoms with Crippen LogP contribution >= 0.6 is 11.3 Å². The Balaban J connectivity index is 1.61. The quantitative estimate of drug-likeness (QED) is 0.887. The predicted octanol–water partition coefficient (Wildman–Crippen LogP) is 3.20. The second kappa shape index (κ2) is 7.42. The lowest BCUT2D eigenvalue weighted by Gasteiger charge is -2.37. The maximum atomic E-state index is 5.68. The number of thiophene rings is 1. The molecule has 1 fully saturated rings. The van der Waals surface area contributed by atoms with E-state index in [1.165, 1.54) is 4.88 Å². The number of morpholine rings is 1. The van der Waals surface area contributed by atoms with Gasteiger partial charge in [-0.2, -0.15) is 0 Å². The van der Waals surface area contributed by atoms with Crippen molar-refractivity contribution in [3.63, 3.8) is 0 Å². The minimum atomic E-state index is 0.309. The number of nitrogens with zero attached hydrogens (tertiary/aromatic N) is 1. The highest BCUT2D eigenvalue weighted by atomic mass is 32.1. The first-order valence-corrected chi connectivity index (χ1v) is 8.75. The molecule has 0 aliphatic carbocycles. The molecule has 22 heavy (non-hydrogen) atoms. The van der Waals surface area contributed by atoms with Crippen molar-refractivity contribution in [1.29, 1.82) is 0 Å². The molecule has 2 aromatic rings. The van der Waals surface area contributed by atoms with E-state index in [2.05, 4.69) is 34.7 Å². The van der Waals surface area contributed by atoms with Crippen molar-refractivity contribution in [2.24, 2.45) is 0 Å². The maximum Gasteiger partial charge on any atom is 0.117 e. The van der Waals surface area contributed by atoms with Gasteiger partial charge in [-0.3, -0.25) is 4.90 Å². The van der Waals surface area contributed by atoms with Crippen LogP contribution in [-0.2, 0) is 11.3 Å². The molecule has 2 aromatic heterocycles. The minimum Gasteiger partial charge on any atom is -0.465 e. The number of furan rings is 1. The van der Waals surface area contributed by atoms with E-state index in [0.29, 0.717) is 12.1 Å². The normalized spacial score (nSPS) is 21.1. The van der Waals surface area contributed by atoms with Crippen LogP contribution in [0.25, 0.3) is 0 Å². The van der Waals surface area contributed by atoms with E-state index in [9.17, 15) is 0 Å². The summed E-state index contributed by atoms with van der Waals surface area (Å²) in [5.74, 6) is 1.96. The van der Waals surface area contributed by atoms with Gasteiger partial charge in [0.2, 0.25) is 0 Å². The first kappa shape index (κ1) is 15.7. The minimum absolute atomic E-state index is 0.309. The van der Waals surface area contributed by atoms with Gasteiger partial charge in [0.25, 0.3) is 0 Å². The van der Waals surface area contributed by atoms with E-state index in [4.69, 9.17) is 9.15 Å². The Morgan fingerprint density at radius 3 is 3.00 bits per heavy atom. The van der Waals surface area contributed by atoms with Crippen molar-refractivity contribution < 1.29 is 9.15 Å². The molecule has 1 aliphatic heterocycles. The van der Waals surface area contributed by atoms with Crippen molar-refractivity contribution in [2.45, 2.75) is 32.5 Å². The predicted molar refractivity (Wildman–Crippen MR) is 89.2 cm³/mol. The van der Waals surface area contributed by atoms with Gasteiger partial charge in [0, 0.05) is 24.5 Å². The van der Waals surface area contributed by atoms with E-state index in [0.717, 1.165) is 44.3 Å². The highest BCUT2D eigenvalue weighted by molar-refractivity contribution is 7.10. The Bertz CT molecular complexity index is 567. The van der Waals surface area contributed by atoms with Crippen LogP contribution in [0.2, 0.25) is 0 Å². The Hall–Kier alpha value is -1.14. The molecule has 3 heterocycles. The third-order valence-electron chi connectivity index (χ3n) is 4.02. The van der Waals surface area contributed by atoms with Gasteiger partial charge in [0.15, 0.2) is 0 Å². The van der Waals surface area contributed by atoms with Crippen molar-refractivity contribution in [3.05, 3.63) is 46.0 Å². The highest BCUT2D eigenvalue weighted by Gasteiger charge is 2.26. The molecule has 0 saturated carbocycles. The Morgan fingerprint density at radius 2 is 2.32 bits per heavy atom. The molecule has 3 rings (SSSR count). The second-order valence-corrected chi connectivity index (χ2v) is 6.83. The molecule has 1 aliphatic rings. The molecule has 0 radical (unpaired) electrons. The monoisotopic (exact) mass is 320 g/mol. The van der Waals surface area contributed by atoms with Crippen LogP contribution in [0.1, 0.15) is 29.4 Å². The summed E-state index contributed by atoms with van der Waals surface area (Å²) in [6.07, 6.45) is 0.309. The molecule has 5 heteroatoms. The van der Waals surface area contributed by atoms with Gasteiger partial charge in [-0.15, -0.1) is 11.3 Å². The molecule has 0 amide bonds. The Morgan fingerprint density at radius 1 is 1.41 bits per heavy atom. The molecule has 0 aromatic carbocycles. The maximum absolute atomic E-state index is 5.68. The molecule has 2 unspecified atom stereocenters. The zero-order valence-corrected chi connectivity index (χ0v) is 14.1. The molecule has 0 spiro atoms. The molecular formula is C17H24N2O2S. The number of hydrogen-bond acceptors (Lipinski definition) is 5. The van der Waals surface area contributed by atoms with E-state index < -0.39 is 0 Å². The van der Waals surface area contributed by atoms with E-state index >= 15 is 0 Å². The average molecular weight is 320 g/mol. The zero-order chi connectivity index (χ0) is 15.4. The van der Waals surface area contributed by atoms with Crippen LogP contribution in [0.3, 0.4) is 0 Å². The van der Waals surface area contributed by atoms with Crippen molar-refractivity contribution in [3.8, 4) is 0 Å².